The summed E-state index contributed by atoms with van der Waals surface area (Å²) in [4.78, 5) is 49.8. The lowest BCUT2D eigenvalue weighted by molar-refractivity contribution is -0.123. The molecule has 2 saturated heterocycles. The van der Waals surface area contributed by atoms with Gasteiger partial charge in [-0.25, -0.2) is 14.8 Å². The smallest absolute Gasteiger partial charge is 0.410 e. The summed E-state index contributed by atoms with van der Waals surface area (Å²) >= 11 is 0.922. The highest BCUT2D eigenvalue weighted by atomic mass is 32.2. The second-order valence-electron chi connectivity index (χ2n) is 11.3. The summed E-state index contributed by atoms with van der Waals surface area (Å²) in [5.74, 6) is 0.951. The van der Waals surface area contributed by atoms with Gasteiger partial charge in [0, 0.05) is 25.9 Å². The number of likely N-dealkylation sites (tertiary alicyclic amines) is 1. The molecule has 0 saturated carbocycles. The van der Waals surface area contributed by atoms with E-state index < -0.39 is 5.60 Å². The number of nitrogens with zero attached hydrogens (tertiary/aromatic N) is 4. The van der Waals surface area contributed by atoms with Crippen LogP contribution in [0.5, 0.6) is 17.5 Å². The molecule has 0 radical (unpaired) electrons. The number of imide groups is 1. The first kappa shape index (κ1) is 30.1. The summed E-state index contributed by atoms with van der Waals surface area (Å²) in [6, 6.07) is 16.6. The Kier molecular flexibility index (Phi) is 9.00. The van der Waals surface area contributed by atoms with E-state index in [0.29, 0.717) is 59.5 Å². The van der Waals surface area contributed by atoms with Gasteiger partial charge in [-0.15, -0.1) is 0 Å². The molecule has 2 aromatic carbocycles. The monoisotopic (exact) mass is 602 g/mol. The Bertz CT molecular complexity index is 1530. The third kappa shape index (κ3) is 7.72. The molecule has 2 aliphatic heterocycles. The van der Waals surface area contributed by atoms with E-state index in [2.05, 4.69) is 9.97 Å². The minimum Gasteiger partial charge on any atom is -0.474 e. The van der Waals surface area contributed by atoms with Crippen molar-refractivity contribution in [1.29, 1.82) is 0 Å². The SMILES string of the molecule is Cc1c(Oc2cccc(/C=C3\SC(=O)N(Cc4ccccc4)C3=O)c2)ncnc1OC1CCN(C(=O)OC(C)(C)C)CC1. The molecule has 0 unspecified atom stereocenters. The first-order chi connectivity index (χ1) is 20.6. The van der Waals surface area contributed by atoms with Gasteiger partial charge >= 0.3 is 6.09 Å². The fraction of sp³-hybridized carbons (Fsp3) is 0.344. The van der Waals surface area contributed by atoms with Gasteiger partial charge in [-0.1, -0.05) is 42.5 Å². The van der Waals surface area contributed by atoms with Crippen LogP contribution in [0.1, 0.15) is 50.3 Å². The van der Waals surface area contributed by atoms with Crippen LogP contribution in [0.2, 0.25) is 0 Å². The number of piperidine rings is 1. The minimum absolute atomic E-state index is 0.110. The summed E-state index contributed by atoms with van der Waals surface area (Å²) in [6.45, 7) is 8.68. The number of carbonyl (C=O) groups excluding carboxylic acids is 3. The van der Waals surface area contributed by atoms with Gasteiger partial charge in [0.15, 0.2) is 0 Å². The van der Waals surface area contributed by atoms with Crippen LogP contribution in [-0.2, 0) is 16.1 Å². The van der Waals surface area contributed by atoms with Crippen LogP contribution >= 0.6 is 11.8 Å². The molecular weight excluding hydrogens is 568 g/mol. The van der Waals surface area contributed by atoms with Gasteiger partial charge in [-0.05, 0) is 68.8 Å². The fourth-order valence-corrected chi connectivity index (χ4v) is 5.45. The topological polar surface area (TPSA) is 111 Å². The van der Waals surface area contributed by atoms with Crippen molar-refractivity contribution in [2.75, 3.05) is 13.1 Å². The maximum Gasteiger partial charge on any atom is 0.410 e. The van der Waals surface area contributed by atoms with Crippen LogP contribution in [0.3, 0.4) is 0 Å². The normalized spacial score (nSPS) is 17.0. The van der Waals surface area contributed by atoms with Crippen molar-refractivity contribution in [2.45, 2.75) is 58.8 Å². The minimum atomic E-state index is -0.537. The summed E-state index contributed by atoms with van der Waals surface area (Å²) in [6.07, 6.45) is 3.95. The number of rotatable bonds is 7. The van der Waals surface area contributed by atoms with Crippen LogP contribution in [0, 0.1) is 6.92 Å². The molecule has 3 amide bonds. The first-order valence-electron chi connectivity index (χ1n) is 14.1. The Hall–Kier alpha value is -4.38. The summed E-state index contributed by atoms with van der Waals surface area (Å²) in [5, 5.41) is -0.299. The van der Waals surface area contributed by atoms with E-state index in [-0.39, 0.29) is 29.9 Å². The van der Waals surface area contributed by atoms with Gasteiger partial charge in [0.2, 0.25) is 11.8 Å². The van der Waals surface area contributed by atoms with Gasteiger partial charge in [0.1, 0.15) is 23.8 Å². The van der Waals surface area contributed by atoms with Crippen LogP contribution in [-0.4, -0.2) is 61.8 Å². The quantitative estimate of drug-likeness (QED) is 0.276. The zero-order valence-corrected chi connectivity index (χ0v) is 25.4. The third-order valence-electron chi connectivity index (χ3n) is 6.79. The average molecular weight is 603 g/mol. The molecule has 43 heavy (non-hydrogen) atoms. The lowest BCUT2D eigenvalue weighted by Crippen LogP contribution is -2.44. The Labute approximate surface area is 255 Å². The number of benzene rings is 2. The zero-order valence-electron chi connectivity index (χ0n) is 24.6. The van der Waals surface area contributed by atoms with Gasteiger partial charge in [-0.3, -0.25) is 14.5 Å². The van der Waals surface area contributed by atoms with Gasteiger partial charge in [-0.2, -0.15) is 0 Å². The maximum absolute atomic E-state index is 13.0. The standard InChI is InChI=1S/C32H34N4O6S/c1-21-27(40-24-13-15-35(16-14-24)30(38)42-32(2,3)4)33-20-34-28(21)41-25-12-8-11-23(17-25)18-26-29(37)36(31(39)43-26)19-22-9-6-5-7-10-22/h5-12,17-18,20,24H,13-16,19H2,1-4H3/b26-18-. The number of thioether (sulfide) groups is 1. The van der Waals surface area contributed by atoms with Crippen LogP contribution in [0.25, 0.3) is 6.08 Å². The molecule has 0 aliphatic carbocycles. The van der Waals surface area contributed by atoms with E-state index in [0.717, 1.165) is 17.3 Å². The molecule has 1 aromatic heterocycles. The molecule has 11 heteroatoms. The second kappa shape index (κ2) is 12.9. The molecular formula is C32H34N4O6S. The maximum atomic E-state index is 13.0. The fourth-order valence-electron chi connectivity index (χ4n) is 4.61. The van der Waals surface area contributed by atoms with E-state index in [1.165, 1.54) is 11.2 Å². The number of hydrogen-bond donors (Lipinski definition) is 0. The Morgan fingerprint density at radius 3 is 2.47 bits per heavy atom. The highest BCUT2D eigenvalue weighted by molar-refractivity contribution is 8.18. The zero-order chi connectivity index (χ0) is 30.6. The number of aromatic nitrogens is 2. The van der Waals surface area contributed by atoms with E-state index in [9.17, 15) is 14.4 Å². The number of amides is 3. The lowest BCUT2D eigenvalue weighted by atomic mass is 10.1. The highest BCUT2D eigenvalue weighted by Crippen LogP contribution is 2.34. The van der Waals surface area contributed by atoms with Crippen molar-refractivity contribution in [3.63, 3.8) is 0 Å². The Morgan fingerprint density at radius 1 is 1.02 bits per heavy atom. The second-order valence-corrected chi connectivity index (χ2v) is 12.3. The summed E-state index contributed by atoms with van der Waals surface area (Å²) < 4.78 is 17.7. The van der Waals surface area contributed by atoms with Crippen molar-refractivity contribution in [2.24, 2.45) is 0 Å². The first-order valence-corrected chi connectivity index (χ1v) is 14.9. The van der Waals surface area contributed by atoms with Crippen LogP contribution in [0.4, 0.5) is 9.59 Å². The summed E-state index contributed by atoms with van der Waals surface area (Å²) in [5.41, 5.74) is 1.70. The van der Waals surface area contributed by atoms with E-state index in [1.54, 1.807) is 23.1 Å². The number of carbonyl (C=O) groups is 3. The molecule has 224 valence electrons. The molecule has 3 heterocycles. The van der Waals surface area contributed by atoms with Crippen LogP contribution in [0.15, 0.2) is 65.8 Å². The largest absolute Gasteiger partial charge is 0.474 e. The van der Waals surface area contributed by atoms with Crippen molar-refractivity contribution < 1.29 is 28.6 Å². The van der Waals surface area contributed by atoms with Crippen molar-refractivity contribution in [1.82, 2.24) is 19.8 Å². The molecule has 2 aliphatic rings. The molecule has 0 atom stereocenters. The number of ether oxygens (including phenoxy) is 3. The van der Waals surface area contributed by atoms with E-state index in [4.69, 9.17) is 14.2 Å². The average Bonchev–Trinajstić information content (AvgIpc) is 3.22. The van der Waals surface area contributed by atoms with Gasteiger partial charge in [0.25, 0.3) is 11.1 Å². The molecule has 0 spiro atoms. The van der Waals surface area contributed by atoms with Crippen LogP contribution < -0.4 is 9.47 Å². The predicted octanol–water partition coefficient (Wildman–Crippen LogP) is 6.59. The summed E-state index contributed by atoms with van der Waals surface area (Å²) in [7, 11) is 0. The van der Waals surface area contributed by atoms with Crippen molar-refractivity contribution in [3.05, 3.63) is 82.5 Å². The lowest BCUT2D eigenvalue weighted by Gasteiger charge is -2.33. The molecule has 2 fully saturated rings. The molecule has 0 N–H and O–H groups in total. The predicted molar refractivity (Wildman–Crippen MR) is 163 cm³/mol. The van der Waals surface area contributed by atoms with Gasteiger partial charge < -0.3 is 19.1 Å². The third-order valence-corrected chi connectivity index (χ3v) is 7.70. The Morgan fingerprint density at radius 2 is 1.74 bits per heavy atom. The highest BCUT2D eigenvalue weighted by Gasteiger charge is 2.35. The molecule has 3 aromatic rings. The number of hydrogen-bond acceptors (Lipinski definition) is 9. The molecule has 0 bridgehead atoms. The van der Waals surface area contributed by atoms with Gasteiger partial charge in [0.05, 0.1) is 17.0 Å². The van der Waals surface area contributed by atoms with E-state index >= 15 is 0 Å². The van der Waals surface area contributed by atoms with E-state index in [1.807, 2.05) is 70.2 Å². The van der Waals surface area contributed by atoms with Crippen molar-refractivity contribution in [3.8, 4) is 17.5 Å². The van der Waals surface area contributed by atoms with Crippen molar-refractivity contribution >= 4 is 35.1 Å². The molecule has 5 rings (SSSR count). The Balaban J connectivity index is 1.21. The molecule has 10 nitrogen and oxygen atoms in total.